The van der Waals surface area contributed by atoms with Gasteiger partial charge >= 0.3 is 5.63 Å². The standard InChI is InChI=1S/C18H21NO4/c1-12(2)22-14-7-9-19(10-8-14)17(20)15-11-13-5-3-4-6-16(13)23-18(15)21/h3-6,11-12,14H,7-10H2,1-2H3. The van der Waals surface area contributed by atoms with Gasteiger partial charge < -0.3 is 14.1 Å². The summed E-state index contributed by atoms with van der Waals surface area (Å²) in [5, 5.41) is 0.758. The highest BCUT2D eigenvalue weighted by Gasteiger charge is 2.26. The lowest BCUT2D eigenvalue weighted by atomic mass is 10.1. The van der Waals surface area contributed by atoms with Crippen LogP contribution in [0.15, 0.2) is 39.5 Å². The van der Waals surface area contributed by atoms with Crippen molar-refractivity contribution in [1.29, 1.82) is 0 Å². The number of para-hydroxylation sites is 1. The highest BCUT2D eigenvalue weighted by molar-refractivity contribution is 5.96. The molecule has 1 amide bonds. The van der Waals surface area contributed by atoms with E-state index >= 15 is 0 Å². The molecule has 0 radical (unpaired) electrons. The number of nitrogens with zero attached hydrogens (tertiary/aromatic N) is 1. The van der Waals surface area contributed by atoms with Gasteiger partial charge in [-0.2, -0.15) is 0 Å². The third kappa shape index (κ3) is 3.45. The Morgan fingerprint density at radius 3 is 2.65 bits per heavy atom. The topological polar surface area (TPSA) is 59.8 Å². The molecule has 1 aliphatic rings. The number of piperidine rings is 1. The predicted molar refractivity (Wildman–Crippen MR) is 87.6 cm³/mol. The van der Waals surface area contributed by atoms with Crippen molar-refractivity contribution in [2.24, 2.45) is 0 Å². The van der Waals surface area contributed by atoms with Crippen LogP contribution in [-0.4, -0.2) is 36.1 Å². The van der Waals surface area contributed by atoms with E-state index in [1.807, 2.05) is 26.0 Å². The first-order valence-corrected chi connectivity index (χ1v) is 8.02. The Morgan fingerprint density at radius 2 is 1.96 bits per heavy atom. The van der Waals surface area contributed by atoms with Crippen LogP contribution in [0.4, 0.5) is 0 Å². The minimum absolute atomic E-state index is 0.104. The summed E-state index contributed by atoms with van der Waals surface area (Å²) >= 11 is 0. The van der Waals surface area contributed by atoms with Crippen molar-refractivity contribution < 1.29 is 13.9 Å². The molecule has 1 aromatic carbocycles. The average Bonchev–Trinajstić information content (AvgIpc) is 2.54. The summed E-state index contributed by atoms with van der Waals surface area (Å²) in [4.78, 5) is 26.4. The maximum absolute atomic E-state index is 12.6. The summed E-state index contributed by atoms with van der Waals surface area (Å²) in [7, 11) is 0. The van der Waals surface area contributed by atoms with Crippen molar-refractivity contribution in [1.82, 2.24) is 4.90 Å². The molecule has 0 aliphatic carbocycles. The van der Waals surface area contributed by atoms with Crippen LogP contribution in [0.25, 0.3) is 11.0 Å². The molecule has 0 unspecified atom stereocenters. The van der Waals surface area contributed by atoms with Crippen LogP contribution in [-0.2, 0) is 4.74 Å². The summed E-state index contributed by atoms with van der Waals surface area (Å²) in [6.07, 6.45) is 1.97. The van der Waals surface area contributed by atoms with Crippen LogP contribution < -0.4 is 5.63 Å². The molecular weight excluding hydrogens is 294 g/mol. The van der Waals surface area contributed by atoms with Gasteiger partial charge in [0.05, 0.1) is 12.2 Å². The largest absolute Gasteiger partial charge is 0.422 e. The van der Waals surface area contributed by atoms with Crippen molar-refractivity contribution in [3.63, 3.8) is 0 Å². The number of carbonyl (C=O) groups is 1. The number of hydrogen-bond acceptors (Lipinski definition) is 4. The maximum Gasteiger partial charge on any atom is 0.349 e. The number of amides is 1. The van der Waals surface area contributed by atoms with Gasteiger partial charge in [-0.05, 0) is 38.8 Å². The molecule has 5 heteroatoms. The lowest BCUT2D eigenvalue weighted by Crippen LogP contribution is -2.42. The van der Waals surface area contributed by atoms with E-state index in [4.69, 9.17) is 9.15 Å². The van der Waals surface area contributed by atoms with Crippen LogP contribution in [0.5, 0.6) is 0 Å². The first-order chi connectivity index (χ1) is 11.0. The van der Waals surface area contributed by atoms with Gasteiger partial charge in [0.15, 0.2) is 0 Å². The van der Waals surface area contributed by atoms with Gasteiger partial charge in [-0.3, -0.25) is 4.79 Å². The molecule has 5 nitrogen and oxygen atoms in total. The number of hydrogen-bond donors (Lipinski definition) is 0. The Morgan fingerprint density at radius 1 is 1.26 bits per heavy atom. The van der Waals surface area contributed by atoms with E-state index in [2.05, 4.69) is 0 Å². The van der Waals surface area contributed by atoms with Gasteiger partial charge in [-0.1, -0.05) is 18.2 Å². The number of likely N-dealkylation sites (tertiary alicyclic amines) is 1. The molecule has 23 heavy (non-hydrogen) atoms. The molecule has 0 bridgehead atoms. The third-order valence-corrected chi connectivity index (χ3v) is 4.07. The van der Waals surface area contributed by atoms with Crippen LogP contribution in [0.1, 0.15) is 37.0 Å². The Hall–Kier alpha value is -2.14. The summed E-state index contributed by atoms with van der Waals surface area (Å²) < 4.78 is 11.0. The molecule has 0 saturated carbocycles. The van der Waals surface area contributed by atoms with Crippen LogP contribution in [0.2, 0.25) is 0 Å². The Balaban J connectivity index is 1.76. The molecule has 2 aromatic rings. The monoisotopic (exact) mass is 315 g/mol. The lowest BCUT2D eigenvalue weighted by Gasteiger charge is -2.32. The average molecular weight is 315 g/mol. The SMILES string of the molecule is CC(C)OC1CCN(C(=O)c2cc3ccccc3oc2=O)CC1. The molecular formula is C18H21NO4. The summed E-state index contributed by atoms with van der Waals surface area (Å²) in [6, 6.07) is 8.83. The number of ether oxygens (including phenoxy) is 1. The minimum atomic E-state index is -0.575. The second-order valence-corrected chi connectivity index (χ2v) is 6.16. The van der Waals surface area contributed by atoms with E-state index in [-0.39, 0.29) is 23.7 Å². The number of rotatable bonds is 3. The van der Waals surface area contributed by atoms with E-state index in [1.54, 1.807) is 23.1 Å². The molecule has 0 spiro atoms. The highest BCUT2D eigenvalue weighted by atomic mass is 16.5. The van der Waals surface area contributed by atoms with Gasteiger partial charge in [-0.25, -0.2) is 4.79 Å². The van der Waals surface area contributed by atoms with Gasteiger partial charge in [0.25, 0.3) is 5.91 Å². The zero-order chi connectivity index (χ0) is 16.4. The number of carbonyl (C=O) groups excluding carboxylic acids is 1. The van der Waals surface area contributed by atoms with E-state index in [0.717, 1.165) is 18.2 Å². The molecule has 1 aromatic heterocycles. The summed E-state index contributed by atoms with van der Waals surface area (Å²) in [5.41, 5.74) is 0.0271. The molecule has 0 N–H and O–H groups in total. The fraction of sp³-hybridized carbons (Fsp3) is 0.444. The predicted octanol–water partition coefficient (Wildman–Crippen LogP) is 2.82. The Kier molecular flexibility index (Phi) is 4.48. The molecule has 1 aliphatic heterocycles. The van der Waals surface area contributed by atoms with Crippen molar-refractivity contribution in [3.8, 4) is 0 Å². The van der Waals surface area contributed by atoms with Gasteiger partial charge in [0.1, 0.15) is 11.1 Å². The minimum Gasteiger partial charge on any atom is -0.422 e. The van der Waals surface area contributed by atoms with Crippen molar-refractivity contribution >= 4 is 16.9 Å². The third-order valence-electron chi connectivity index (χ3n) is 4.07. The Bertz CT molecular complexity index is 757. The molecule has 122 valence electrons. The number of fused-ring (bicyclic) bond motifs is 1. The summed E-state index contributed by atoms with van der Waals surface area (Å²) in [6.45, 7) is 5.22. The summed E-state index contributed by atoms with van der Waals surface area (Å²) in [5.74, 6) is -0.257. The van der Waals surface area contributed by atoms with Gasteiger partial charge in [0.2, 0.25) is 0 Å². The molecule has 0 atom stereocenters. The Labute approximate surface area is 134 Å². The highest BCUT2D eigenvalue weighted by Crippen LogP contribution is 2.18. The van der Waals surface area contributed by atoms with E-state index in [9.17, 15) is 9.59 Å². The maximum atomic E-state index is 12.6. The number of benzene rings is 1. The van der Waals surface area contributed by atoms with E-state index < -0.39 is 5.63 Å². The first kappa shape index (κ1) is 15.7. The normalized spacial score (nSPS) is 16.2. The van der Waals surface area contributed by atoms with Crippen LogP contribution in [0.3, 0.4) is 0 Å². The lowest BCUT2D eigenvalue weighted by molar-refractivity contribution is -0.0236. The molecule has 3 rings (SSSR count). The van der Waals surface area contributed by atoms with E-state index in [1.165, 1.54) is 0 Å². The van der Waals surface area contributed by atoms with Gasteiger partial charge in [0, 0.05) is 18.5 Å². The fourth-order valence-electron chi connectivity index (χ4n) is 2.96. The first-order valence-electron chi connectivity index (χ1n) is 8.02. The molecule has 1 fully saturated rings. The quantitative estimate of drug-likeness (QED) is 0.817. The van der Waals surface area contributed by atoms with Crippen molar-refractivity contribution in [2.45, 2.75) is 38.9 Å². The van der Waals surface area contributed by atoms with E-state index in [0.29, 0.717) is 18.7 Å². The second kappa shape index (κ2) is 6.54. The fourth-order valence-corrected chi connectivity index (χ4v) is 2.96. The van der Waals surface area contributed by atoms with Crippen molar-refractivity contribution in [3.05, 3.63) is 46.3 Å². The smallest absolute Gasteiger partial charge is 0.349 e. The molecule has 2 heterocycles. The molecule has 1 saturated heterocycles. The van der Waals surface area contributed by atoms with Crippen LogP contribution >= 0.6 is 0 Å². The van der Waals surface area contributed by atoms with Gasteiger partial charge in [-0.15, -0.1) is 0 Å². The second-order valence-electron chi connectivity index (χ2n) is 6.16. The zero-order valence-corrected chi connectivity index (χ0v) is 13.5. The zero-order valence-electron chi connectivity index (χ0n) is 13.5. The van der Waals surface area contributed by atoms with Crippen LogP contribution in [0, 0.1) is 0 Å². The van der Waals surface area contributed by atoms with Crippen molar-refractivity contribution in [2.75, 3.05) is 13.1 Å².